The van der Waals surface area contributed by atoms with Gasteiger partial charge in [-0.3, -0.25) is 0 Å². The Morgan fingerprint density at radius 3 is 2.19 bits per heavy atom. The van der Waals surface area contributed by atoms with Crippen LogP contribution in [-0.4, -0.2) is 54.9 Å². The first-order chi connectivity index (χ1) is 22.5. The number of aliphatic imine (C=N–C) groups is 1. The average Bonchev–Trinajstić information content (AvgIpc) is 3.42. The van der Waals surface area contributed by atoms with Gasteiger partial charge >= 0.3 is 0 Å². The SMILES string of the molecule is Cc1c(F)cccc1Cc1c(CO[Si](C)(C)C(C)(C)C)nc2c(N=C(c3ccccc3)c3ccccc3)cc(N3CCOCC3)nn12. The third kappa shape index (κ3) is 7.07. The van der Waals surface area contributed by atoms with Gasteiger partial charge in [-0.1, -0.05) is 93.6 Å². The molecule has 0 N–H and O–H groups in total. The molecule has 3 heterocycles. The molecule has 244 valence electrons. The van der Waals surface area contributed by atoms with Gasteiger partial charge in [-0.2, -0.15) is 0 Å². The second-order valence-electron chi connectivity index (χ2n) is 13.7. The van der Waals surface area contributed by atoms with Crippen LogP contribution >= 0.6 is 0 Å². The summed E-state index contributed by atoms with van der Waals surface area (Å²) in [6, 6.07) is 27.7. The lowest BCUT2D eigenvalue weighted by Gasteiger charge is -2.36. The van der Waals surface area contributed by atoms with Gasteiger partial charge in [0.2, 0.25) is 0 Å². The van der Waals surface area contributed by atoms with E-state index in [1.54, 1.807) is 6.07 Å². The Labute approximate surface area is 278 Å². The highest BCUT2D eigenvalue weighted by Crippen LogP contribution is 2.38. The Morgan fingerprint density at radius 1 is 0.936 bits per heavy atom. The summed E-state index contributed by atoms with van der Waals surface area (Å²) in [5.74, 6) is 0.574. The van der Waals surface area contributed by atoms with Crippen LogP contribution in [0.2, 0.25) is 18.1 Å². The molecule has 47 heavy (non-hydrogen) atoms. The molecule has 0 unspecified atom stereocenters. The minimum atomic E-state index is -2.12. The fourth-order valence-electron chi connectivity index (χ4n) is 5.50. The molecule has 0 aliphatic carbocycles. The van der Waals surface area contributed by atoms with Gasteiger partial charge in [-0.05, 0) is 42.2 Å². The Kier molecular flexibility index (Phi) is 9.41. The van der Waals surface area contributed by atoms with Gasteiger partial charge in [0.15, 0.2) is 19.8 Å². The monoisotopic (exact) mass is 649 g/mol. The number of benzene rings is 3. The van der Waals surface area contributed by atoms with Crippen molar-refractivity contribution >= 4 is 31.2 Å². The number of hydrogen-bond donors (Lipinski definition) is 0. The third-order valence-electron chi connectivity index (χ3n) is 9.50. The maximum atomic E-state index is 14.8. The van der Waals surface area contributed by atoms with E-state index in [1.807, 2.05) is 60.0 Å². The number of rotatable bonds is 9. The summed E-state index contributed by atoms with van der Waals surface area (Å²) >= 11 is 0. The number of imidazole rings is 1. The molecule has 7 nitrogen and oxygen atoms in total. The van der Waals surface area contributed by atoms with Crippen LogP contribution in [0.25, 0.3) is 5.65 Å². The van der Waals surface area contributed by atoms with E-state index >= 15 is 0 Å². The van der Waals surface area contributed by atoms with E-state index in [9.17, 15) is 4.39 Å². The Hall–Kier alpha value is -4.18. The molecule has 0 radical (unpaired) electrons. The first-order valence-corrected chi connectivity index (χ1v) is 19.2. The Bertz CT molecular complexity index is 1840. The smallest absolute Gasteiger partial charge is 0.192 e. The zero-order valence-electron chi connectivity index (χ0n) is 28.3. The molecule has 0 bridgehead atoms. The van der Waals surface area contributed by atoms with Gasteiger partial charge in [0.1, 0.15) is 11.5 Å². The third-order valence-corrected chi connectivity index (χ3v) is 14.0. The highest BCUT2D eigenvalue weighted by atomic mass is 28.4. The summed E-state index contributed by atoms with van der Waals surface area (Å²) in [4.78, 5) is 12.8. The fourth-order valence-corrected chi connectivity index (χ4v) is 6.43. The molecule has 1 aliphatic heterocycles. The number of anilines is 1. The van der Waals surface area contributed by atoms with Gasteiger partial charge in [-0.15, -0.1) is 5.10 Å². The summed E-state index contributed by atoms with van der Waals surface area (Å²) in [6.07, 6.45) is 0.452. The van der Waals surface area contributed by atoms with Crippen LogP contribution in [-0.2, 0) is 22.2 Å². The van der Waals surface area contributed by atoms with Crippen molar-refractivity contribution in [1.82, 2.24) is 14.6 Å². The van der Waals surface area contributed by atoms with E-state index in [2.05, 4.69) is 63.0 Å². The number of hydrogen-bond acceptors (Lipinski definition) is 6. The number of aromatic nitrogens is 3. The summed E-state index contributed by atoms with van der Waals surface area (Å²) in [5, 5.41) is 5.22. The molecule has 3 aromatic carbocycles. The zero-order valence-corrected chi connectivity index (χ0v) is 29.3. The average molecular weight is 650 g/mol. The second-order valence-corrected chi connectivity index (χ2v) is 18.5. The minimum Gasteiger partial charge on any atom is -0.411 e. The van der Waals surface area contributed by atoms with Gasteiger partial charge in [0.25, 0.3) is 0 Å². The molecule has 5 aromatic rings. The molecule has 1 fully saturated rings. The van der Waals surface area contributed by atoms with E-state index < -0.39 is 8.32 Å². The molecular weight excluding hydrogens is 606 g/mol. The molecule has 0 amide bonds. The largest absolute Gasteiger partial charge is 0.411 e. The quantitative estimate of drug-likeness (QED) is 0.119. The lowest BCUT2D eigenvalue weighted by atomic mass is 10.0. The number of fused-ring (bicyclic) bond motifs is 1. The van der Waals surface area contributed by atoms with Crippen LogP contribution in [0.1, 0.15) is 54.4 Å². The molecule has 1 saturated heterocycles. The van der Waals surface area contributed by atoms with Crippen LogP contribution in [0, 0.1) is 12.7 Å². The predicted octanol–water partition coefficient (Wildman–Crippen LogP) is 8.30. The van der Waals surface area contributed by atoms with Crippen molar-refractivity contribution in [1.29, 1.82) is 0 Å². The fraction of sp³-hybridized carbons (Fsp3) is 0.342. The molecule has 0 saturated carbocycles. The molecule has 0 spiro atoms. The lowest BCUT2D eigenvalue weighted by molar-refractivity contribution is 0.122. The Balaban J connectivity index is 1.59. The maximum Gasteiger partial charge on any atom is 0.192 e. The maximum absolute atomic E-state index is 14.8. The molecule has 6 rings (SSSR count). The van der Waals surface area contributed by atoms with Crippen LogP contribution in [0.5, 0.6) is 0 Å². The summed E-state index contributed by atoms with van der Waals surface area (Å²) in [6.45, 7) is 16.1. The number of morpholine rings is 1. The van der Waals surface area contributed by atoms with Crippen LogP contribution in [0.4, 0.5) is 15.9 Å². The normalized spacial score (nSPS) is 14.1. The highest BCUT2D eigenvalue weighted by Gasteiger charge is 2.37. The zero-order chi connectivity index (χ0) is 33.2. The first kappa shape index (κ1) is 32.7. The van der Waals surface area contributed by atoms with Crippen molar-refractivity contribution in [3.8, 4) is 0 Å². The number of ether oxygens (including phenoxy) is 1. The molecule has 9 heteroatoms. The van der Waals surface area contributed by atoms with E-state index in [-0.39, 0.29) is 10.9 Å². The molecule has 1 aliphatic rings. The van der Waals surface area contributed by atoms with Crippen molar-refractivity contribution in [2.75, 3.05) is 31.2 Å². The molecule has 0 atom stereocenters. The lowest BCUT2D eigenvalue weighted by Crippen LogP contribution is -2.40. The highest BCUT2D eigenvalue weighted by molar-refractivity contribution is 6.74. The summed E-state index contributed by atoms with van der Waals surface area (Å²) < 4.78 is 29.1. The predicted molar refractivity (Wildman–Crippen MR) is 190 cm³/mol. The topological polar surface area (TPSA) is 64.2 Å². The van der Waals surface area contributed by atoms with E-state index in [0.717, 1.165) is 52.7 Å². The van der Waals surface area contributed by atoms with E-state index in [4.69, 9.17) is 24.2 Å². The van der Waals surface area contributed by atoms with Crippen molar-refractivity contribution in [3.63, 3.8) is 0 Å². The minimum absolute atomic E-state index is 0.0307. The standard InChI is InChI=1S/C38H44FN5O2Si/c1-27-30(18-13-19-31(27)39)24-34-33(26-46-47(5,6)38(2,3)4)41-37-32(25-35(42-44(34)37)43-20-22-45-23-21-43)40-36(28-14-9-7-10-15-28)29-16-11-8-12-17-29/h7-19,25H,20-24,26H2,1-6H3. The van der Waals surface area contributed by atoms with E-state index in [0.29, 0.717) is 43.1 Å². The van der Waals surface area contributed by atoms with Crippen molar-refractivity contribution in [2.45, 2.75) is 58.9 Å². The van der Waals surface area contributed by atoms with Crippen molar-refractivity contribution < 1.29 is 13.6 Å². The number of nitrogens with zero attached hydrogens (tertiary/aromatic N) is 5. The summed E-state index contributed by atoms with van der Waals surface area (Å²) in [7, 11) is -2.12. The van der Waals surface area contributed by atoms with Gasteiger partial charge < -0.3 is 14.1 Å². The Morgan fingerprint density at radius 2 is 1.57 bits per heavy atom. The van der Waals surface area contributed by atoms with Crippen molar-refractivity contribution in [2.24, 2.45) is 4.99 Å². The van der Waals surface area contributed by atoms with Crippen LogP contribution in [0.15, 0.2) is 89.9 Å². The molecule has 2 aromatic heterocycles. The van der Waals surface area contributed by atoms with Crippen molar-refractivity contribution in [3.05, 3.63) is 124 Å². The van der Waals surface area contributed by atoms with Crippen LogP contribution < -0.4 is 4.90 Å². The molecular formula is C38H44FN5O2Si. The first-order valence-electron chi connectivity index (χ1n) is 16.3. The summed E-state index contributed by atoms with van der Waals surface area (Å²) in [5.41, 5.74) is 7.38. The van der Waals surface area contributed by atoms with Gasteiger partial charge in [-0.25, -0.2) is 18.9 Å². The van der Waals surface area contributed by atoms with Gasteiger partial charge in [0.05, 0.1) is 36.9 Å². The van der Waals surface area contributed by atoms with Crippen LogP contribution in [0.3, 0.4) is 0 Å². The number of halogens is 1. The van der Waals surface area contributed by atoms with Gasteiger partial charge in [0, 0.05) is 36.7 Å². The second kappa shape index (κ2) is 13.5. The van der Waals surface area contributed by atoms with E-state index in [1.165, 1.54) is 6.07 Å².